The number of carbonyl (C=O) groups is 1. The van der Waals surface area contributed by atoms with Gasteiger partial charge in [-0.05, 0) is 31.0 Å². The highest BCUT2D eigenvalue weighted by Gasteiger charge is 2.34. The Labute approximate surface area is 126 Å². The van der Waals surface area contributed by atoms with Crippen LogP contribution in [0.3, 0.4) is 0 Å². The molecule has 0 saturated heterocycles. The summed E-state index contributed by atoms with van der Waals surface area (Å²) in [6.45, 7) is 0.800. The lowest BCUT2D eigenvalue weighted by molar-refractivity contribution is 0.0729. The Balaban J connectivity index is 1.59. The number of fused-ring (bicyclic) bond motifs is 1. The van der Waals surface area contributed by atoms with Crippen LogP contribution in [-0.2, 0) is 6.54 Å². The number of hydrogen-bond donors (Lipinski definition) is 0. The summed E-state index contributed by atoms with van der Waals surface area (Å²) in [7, 11) is 0. The van der Waals surface area contributed by atoms with Crippen molar-refractivity contribution in [1.82, 2.24) is 9.88 Å². The van der Waals surface area contributed by atoms with Crippen LogP contribution in [0.25, 0.3) is 0 Å². The minimum absolute atomic E-state index is 0.0333. The number of benzene rings is 1. The molecule has 2 aromatic rings. The molecule has 1 saturated carbocycles. The molecule has 0 atom stereocenters. The van der Waals surface area contributed by atoms with Crippen molar-refractivity contribution in [1.29, 1.82) is 0 Å². The summed E-state index contributed by atoms with van der Waals surface area (Å²) >= 11 is 1.58. The van der Waals surface area contributed by atoms with E-state index >= 15 is 0 Å². The molecule has 0 spiro atoms. The number of rotatable bonds is 4. The molecule has 5 nitrogen and oxygen atoms in total. The lowest BCUT2D eigenvalue weighted by atomic mass is 10.1. The highest BCUT2D eigenvalue weighted by molar-refractivity contribution is 7.09. The van der Waals surface area contributed by atoms with Crippen molar-refractivity contribution < 1.29 is 14.3 Å². The van der Waals surface area contributed by atoms with E-state index < -0.39 is 0 Å². The fraction of sp³-hybridized carbons (Fsp3) is 0.333. The van der Waals surface area contributed by atoms with Crippen LogP contribution in [0.5, 0.6) is 11.5 Å². The number of amides is 1. The average Bonchev–Trinajstić information content (AvgIpc) is 3.02. The van der Waals surface area contributed by atoms with Crippen LogP contribution < -0.4 is 9.47 Å². The van der Waals surface area contributed by atoms with Gasteiger partial charge in [-0.15, -0.1) is 11.3 Å². The van der Waals surface area contributed by atoms with E-state index in [2.05, 4.69) is 4.98 Å². The van der Waals surface area contributed by atoms with Gasteiger partial charge in [0.05, 0.1) is 6.54 Å². The average molecular weight is 302 g/mol. The number of carbonyl (C=O) groups excluding carboxylic acids is 1. The van der Waals surface area contributed by atoms with E-state index in [-0.39, 0.29) is 12.7 Å². The fourth-order valence-electron chi connectivity index (χ4n) is 2.43. The van der Waals surface area contributed by atoms with Crippen molar-refractivity contribution in [2.45, 2.75) is 25.4 Å². The Morgan fingerprint density at radius 3 is 2.95 bits per heavy atom. The molecule has 2 heterocycles. The van der Waals surface area contributed by atoms with Gasteiger partial charge < -0.3 is 14.4 Å². The summed E-state index contributed by atoms with van der Waals surface area (Å²) in [4.78, 5) is 19.0. The third kappa shape index (κ3) is 2.47. The largest absolute Gasteiger partial charge is 0.454 e. The first-order valence-electron chi connectivity index (χ1n) is 6.90. The van der Waals surface area contributed by atoms with Crippen LogP contribution in [0, 0.1) is 0 Å². The predicted molar refractivity (Wildman–Crippen MR) is 77.6 cm³/mol. The first-order valence-corrected chi connectivity index (χ1v) is 7.78. The van der Waals surface area contributed by atoms with E-state index in [9.17, 15) is 4.79 Å². The molecule has 1 aromatic carbocycles. The zero-order valence-electron chi connectivity index (χ0n) is 11.3. The lowest BCUT2D eigenvalue weighted by Gasteiger charge is -2.21. The maximum Gasteiger partial charge on any atom is 0.254 e. The quantitative estimate of drug-likeness (QED) is 0.871. The van der Waals surface area contributed by atoms with Gasteiger partial charge in [0.1, 0.15) is 5.01 Å². The van der Waals surface area contributed by atoms with Crippen molar-refractivity contribution in [2.24, 2.45) is 0 Å². The van der Waals surface area contributed by atoms with Gasteiger partial charge in [0.25, 0.3) is 5.91 Å². The SMILES string of the molecule is O=C(c1ccc2c(c1)OCO2)N(Cc1nccs1)C1CC1. The van der Waals surface area contributed by atoms with Gasteiger partial charge in [0, 0.05) is 23.2 Å². The van der Waals surface area contributed by atoms with E-state index in [0.717, 1.165) is 17.8 Å². The van der Waals surface area contributed by atoms with Gasteiger partial charge >= 0.3 is 0 Å². The number of nitrogens with zero attached hydrogens (tertiary/aromatic N) is 2. The Morgan fingerprint density at radius 2 is 2.19 bits per heavy atom. The maximum atomic E-state index is 12.8. The van der Waals surface area contributed by atoms with Gasteiger partial charge in [-0.2, -0.15) is 0 Å². The topological polar surface area (TPSA) is 51.7 Å². The molecule has 108 valence electrons. The van der Waals surface area contributed by atoms with Gasteiger partial charge in [-0.3, -0.25) is 4.79 Å². The summed E-state index contributed by atoms with van der Waals surface area (Å²) in [6, 6.07) is 5.70. The van der Waals surface area contributed by atoms with Gasteiger partial charge in [0.2, 0.25) is 6.79 Å². The third-order valence-electron chi connectivity index (χ3n) is 3.66. The van der Waals surface area contributed by atoms with Crippen molar-refractivity contribution in [3.8, 4) is 11.5 Å². The monoisotopic (exact) mass is 302 g/mol. The summed E-state index contributed by atoms with van der Waals surface area (Å²) in [5.41, 5.74) is 0.641. The number of ether oxygens (including phenoxy) is 2. The highest BCUT2D eigenvalue weighted by atomic mass is 32.1. The van der Waals surface area contributed by atoms with E-state index in [1.54, 1.807) is 35.7 Å². The highest BCUT2D eigenvalue weighted by Crippen LogP contribution is 2.35. The Hall–Kier alpha value is -2.08. The zero-order valence-corrected chi connectivity index (χ0v) is 12.1. The van der Waals surface area contributed by atoms with E-state index in [0.29, 0.717) is 29.6 Å². The van der Waals surface area contributed by atoms with Crippen molar-refractivity contribution >= 4 is 17.2 Å². The van der Waals surface area contributed by atoms with Crippen LogP contribution in [-0.4, -0.2) is 28.6 Å². The maximum absolute atomic E-state index is 12.8. The molecule has 0 bridgehead atoms. The molecule has 1 fully saturated rings. The summed E-state index contributed by atoms with van der Waals surface area (Å²) in [5, 5.41) is 2.90. The second-order valence-corrected chi connectivity index (χ2v) is 6.14. The number of aromatic nitrogens is 1. The van der Waals surface area contributed by atoms with Crippen molar-refractivity contribution in [2.75, 3.05) is 6.79 Å². The predicted octanol–water partition coefficient (Wildman–Crippen LogP) is 2.68. The minimum atomic E-state index is 0.0333. The Bertz CT molecular complexity index is 668. The summed E-state index contributed by atoms with van der Waals surface area (Å²) in [5.74, 6) is 1.38. The van der Waals surface area contributed by atoms with Crippen molar-refractivity contribution in [3.05, 3.63) is 40.3 Å². The zero-order chi connectivity index (χ0) is 14.2. The van der Waals surface area contributed by atoms with E-state index in [4.69, 9.17) is 9.47 Å². The fourth-order valence-corrected chi connectivity index (χ4v) is 3.04. The summed E-state index contributed by atoms with van der Waals surface area (Å²) in [6.07, 6.45) is 3.92. The first kappa shape index (κ1) is 12.6. The first-order chi connectivity index (χ1) is 10.3. The smallest absolute Gasteiger partial charge is 0.254 e. The van der Waals surface area contributed by atoms with Gasteiger partial charge in [0.15, 0.2) is 11.5 Å². The molecule has 0 radical (unpaired) electrons. The molecular formula is C15H14N2O3S. The number of thiazole rings is 1. The second kappa shape index (κ2) is 5.04. The molecule has 0 N–H and O–H groups in total. The molecule has 6 heteroatoms. The molecular weight excluding hydrogens is 288 g/mol. The van der Waals surface area contributed by atoms with Crippen molar-refractivity contribution in [3.63, 3.8) is 0 Å². The van der Waals surface area contributed by atoms with Crippen LogP contribution in [0.2, 0.25) is 0 Å². The van der Waals surface area contributed by atoms with Gasteiger partial charge in [-0.25, -0.2) is 4.98 Å². The van der Waals surface area contributed by atoms with E-state index in [1.165, 1.54) is 0 Å². The lowest BCUT2D eigenvalue weighted by Crippen LogP contribution is -2.32. The molecule has 1 aromatic heterocycles. The molecule has 1 aliphatic carbocycles. The number of hydrogen-bond acceptors (Lipinski definition) is 5. The summed E-state index contributed by atoms with van der Waals surface area (Å²) < 4.78 is 10.6. The van der Waals surface area contributed by atoms with E-state index in [1.807, 2.05) is 10.3 Å². The molecule has 21 heavy (non-hydrogen) atoms. The van der Waals surface area contributed by atoms with Crippen LogP contribution in [0.1, 0.15) is 28.2 Å². The molecule has 1 amide bonds. The van der Waals surface area contributed by atoms with Crippen LogP contribution in [0.15, 0.2) is 29.8 Å². The molecule has 1 aliphatic heterocycles. The third-order valence-corrected chi connectivity index (χ3v) is 4.42. The molecule has 4 rings (SSSR count). The Kier molecular flexibility index (Phi) is 3.03. The molecule has 0 unspecified atom stereocenters. The minimum Gasteiger partial charge on any atom is -0.454 e. The van der Waals surface area contributed by atoms with Crippen LogP contribution >= 0.6 is 11.3 Å². The van der Waals surface area contributed by atoms with Crippen LogP contribution in [0.4, 0.5) is 0 Å². The van der Waals surface area contributed by atoms with Gasteiger partial charge in [-0.1, -0.05) is 0 Å². The molecule has 2 aliphatic rings. The Morgan fingerprint density at radius 1 is 1.33 bits per heavy atom. The standard InChI is InChI=1S/C15H14N2O3S/c18-15(10-1-4-12-13(7-10)20-9-19-12)17(11-2-3-11)8-14-16-5-6-21-14/h1,4-7,11H,2-3,8-9H2. The second-order valence-electron chi connectivity index (χ2n) is 5.16. The normalized spacial score (nSPS) is 16.0.